The van der Waals surface area contributed by atoms with Crippen molar-refractivity contribution in [2.45, 2.75) is 0 Å². The molecule has 4 aromatic rings. The van der Waals surface area contributed by atoms with Gasteiger partial charge in [-0.2, -0.15) is 9.71 Å². The van der Waals surface area contributed by atoms with Crippen LogP contribution in [0.15, 0.2) is 61.1 Å². The molecule has 0 aliphatic heterocycles. The third-order valence-corrected chi connectivity index (χ3v) is 3.85. The molecule has 0 amide bonds. The number of nitrogens with zero attached hydrogens (tertiary/aromatic N) is 4. The fraction of sp³-hybridized carbons (Fsp3) is 0.111. The molecule has 0 fully saturated rings. The maximum absolute atomic E-state index is 6.00. The van der Waals surface area contributed by atoms with E-state index in [1.807, 2.05) is 67.7 Å². The summed E-state index contributed by atoms with van der Waals surface area (Å²) in [4.78, 5) is 16.7. The maximum atomic E-state index is 6.00. The topological polar surface area (TPSA) is 43.2 Å². The van der Waals surface area contributed by atoms with Crippen molar-refractivity contribution in [3.63, 3.8) is 0 Å². The Kier molecular flexibility index (Phi) is 3.12. The smallest absolute Gasteiger partial charge is 0.257 e. The second-order valence-electron chi connectivity index (χ2n) is 5.57. The Morgan fingerprint density at radius 1 is 1.00 bits per heavy atom. The van der Waals surface area contributed by atoms with Crippen molar-refractivity contribution in [1.29, 1.82) is 0 Å². The van der Waals surface area contributed by atoms with E-state index in [4.69, 9.17) is 4.84 Å². The lowest BCUT2D eigenvalue weighted by Crippen LogP contribution is -2.09. The Morgan fingerprint density at radius 2 is 1.87 bits per heavy atom. The molecule has 0 saturated heterocycles. The predicted molar refractivity (Wildman–Crippen MR) is 91.8 cm³/mol. The van der Waals surface area contributed by atoms with Crippen molar-refractivity contribution in [2.24, 2.45) is 0 Å². The van der Waals surface area contributed by atoms with E-state index in [2.05, 4.69) is 16.0 Å². The zero-order valence-electron chi connectivity index (χ0n) is 13.0. The standard InChI is InChI=1S/C18H16N4O/c1-21(2)14-7-8-15-16(11-14)19-12-20-18(15)23-22-10-9-13-5-3-4-6-17(13)22/h3-12H,1-2H3. The van der Waals surface area contributed by atoms with E-state index in [-0.39, 0.29) is 0 Å². The Balaban J connectivity index is 1.80. The summed E-state index contributed by atoms with van der Waals surface area (Å²) in [5, 5.41) is 2.01. The largest absolute Gasteiger partial charge is 0.378 e. The molecule has 2 aromatic heterocycles. The molecule has 0 aliphatic rings. The van der Waals surface area contributed by atoms with Gasteiger partial charge in [-0.05, 0) is 30.3 Å². The first-order valence-corrected chi connectivity index (χ1v) is 7.39. The number of anilines is 1. The van der Waals surface area contributed by atoms with E-state index < -0.39 is 0 Å². The summed E-state index contributed by atoms with van der Waals surface area (Å²) in [6, 6.07) is 16.1. The van der Waals surface area contributed by atoms with Gasteiger partial charge in [0.15, 0.2) is 0 Å². The number of para-hydroxylation sites is 1. The number of aromatic nitrogens is 3. The molecule has 4 rings (SSSR count). The van der Waals surface area contributed by atoms with Gasteiger partial charge in [0, 0.05) is 31.4 Å². The van der Waals surface area contributed by atoms with Crippen LogP contribution in [-0.2, 0) is 0 Å². The molecule has 0 atom stereocenters. The number of rotatable bonds is 3. The highest BCUT2D eigenvalue weighted by molar-refractivity contribution is 5.86. The molecule has 0 aliphatic carbocycles. The van der Waals surface area contributed by atoms with E-state index in [0.29, 0.717) is 5.88 Å². The maximum Gasteiger partial charge on any atom is 0.257 e. The molecule has 2 aromatic carbocycles. The summed E-state index contributed by atoms with van der Waals surface area (Å²) < 4.78 is 1.73. The Bertz CT molecular complexity index is 991. The quantitative estimate of drug-likeness (QED) is 0.581. The second kappa shape index (κ2) is 5.28. The molecule has 23 heavy (non-hydrogen) atoms. The molecule has 0 spiro atoms. The van der Waals surface area contributed by atoms with Crippen molar-refractivity contribution in [1.82, 2.24) is 14.7 Å². The van der Waals surface area contributed by atoms with Gasteiger partial charge in [-0.1, -0.05) is 18.2 Å². The van der Waals surface area contributed by atoms with Crippen molar-refractivity contribution >= 4 is 27.5 Å². The number of hydrogen-bond donors (Lipinski definition) is 0. The fourth-order valence-corrected chi connectivity index (χ4v) is 2.60. The van der Waals surface area contributed by atoms with E-state index >= 15 is 0 Å². The monoisotopic (exact) mass is 304 g/mol. The van der Waals surface area contributed by atoms with Crippen LogP contribution in [0, 0.1) is 0 Å². The van der Waals surface area contributed by atoms with Crippen LogP contribution in [0.4, 0.5) is 5.69 Å². The highest BCUT2D eigenvalue weighted by Gasteiger charge is 2.09. The van der Waals surface area contributed by atoms with Gasteiger partial charge in [0.25, 0.3) is 5.88 Å². The SMILES string of the molecule is CN(C)c1ccc2c(On3ccc4ccccc43)ncnc2c1. The van der Waals surface area contributed by atoms with Gasteiger partial charge in [-0.3, -0.25) is 0 Å². The average molecular weight is 304 g/mol. The molecule has 0 N–H and O–H groups in total. The van der Waals surface area contributed by atoms with Gasteiger partial charge in [-0.15, -0.1) is 0 Å². The fourth-order valence-electron chi connectivity index (χ4n) is 2.60. The van der Waals surface area contributed by atoms with Crippen LogP contribution >= 0.6 is 0 Å². The van der Waals surface area contributed by atoms with Gasteiger partial charge < -0.3 is 9.74 Å². The van der Waals surface area contributed by atoms with E-state index in [1.54, 1.807) is 4.73 Å². The summed E-state index contributed by atoms with van der Waals surface area (Å²) in [5.74, 6) is 0.543. The first kappa shape index (κ1) is 13.6. The van der Waals surface area contributed by atoms with Gasteiger partial charge in [0.05, 0.1) is 16.4 Å². The van der Waals surface area contributed by atoms with Crippen molar-refractivity contribution in [3.05, 3.63) is 61.1 Å². The van der Waals surface area contributed by atoms with Crippen LogP contribution in [0.5, 0.6) is 5.88 Å². The van der Waals surface area contributed by atoms with Crippen molar-refractivity contribution < 1.29 is 4.84 Å². The van der Waals surface area contributed by atoms with Crippen molar-refractivity contribution in [3.8, 4) is 5.88 Å². The van der Waals surface area contributed by atoms with E-state index in [0.717, 1.165) is 27.5 Å². The number of hydrogen-bond acceptors (Lipinski definition) is 4. The lowest BCUT2D eigenvalue weighted by atomic mass is 10.2. The molecule has 0 unspecified atom stereocenters. The Labute approximate surface area is 133 Å². The van der Waals surface area contributed by atoms with Gasteiger partial charge in [0.1, 0.15) is 6.33 Å². The lowest BCUT2D eigenvalue weighted by Gasteiger charge is -2.13. The van der Waals surface area contributed by atoms with Gasteiger partial charge in [0.2, 0.25) is 0 Å². The normalized spacial score (nSPS) is 11.0. The predicted octanol–water partition coefficient (Wildman–Crippen LogP) is 3.49. The minimum atomic E-state index is 0.543. The molecular weight excluding hydrogens is 288 g/mol. The van der Waals surface area contributed by atoms with E-state index in [9.17, 15) is 0 Å². The molecule has 5 nitrogen and oxygen atoms in total. The summed E-state index contributed by atoms with van der Waals surface area (Å²) in [6.07, 6.45) is 3.43. The highest BCUT2D eigenvalue weighted by atomic mass is 16.7. The van der Waals surface area contributed by atoms with Crippen LogP contribution in [-0.4, -0.2) is 28.8 Å². The summed E-state index contributed by atoms with van der Waals surface area (Å²) in [6.45, 7) is 0. The zero-order chi connectivity index (χ0) is 15.8. The Hall–Kier alpha value is -3.08. The van der Waals surface area contributed by atoms with Crippen LogP contribution in [0.3, 0.4) is 0 Å². The van der Waals surface area contributed by atoms with Crippen LogP contribution in [0.25, 0.3) is 21.8 Å². The molecule has 5 heteroatoms. The van der Waals surface area contributed by atoms with E-state index in [1.165, 1.54) is 6.33 Å². The Morgan fingerprint density at radius 3 is 2.74 bits per heavy atom. The molecule has 2 heterocycles. The second-order valence-corrected chi connectivity index (χ2v) is 5.57. The van der Waals surface area contributed by atoms with Gasteiger partial charge >= 0.3 is 0 Å². The van der Waals surface area contributed by atoms with Crippen LogP contribution in [0.2, 0.25) is 0 Å². The summed E-state index contributed by atoms with van der Waals surface area (Å²) in [5.41, 5.74) is 2.95. The van der Waals surface area contributed by atoms with Crippen LogP contribution < -0.4 is 9.74 Å². The highest BCUT2D eigenvalue weighted by Crippen LogP contribution is 2.26. The number of benzene rings is 2. The van der Waals surface area contributed by atoms with Crippen LogP contribution in [0.1, 0.15) is 0 Å². The third kappa shape index (κ3) is 2.36. The molecule has 0 radical (unpaired) electrons. The lowest BCUT2D eigenvalue weighted by molar-refractivity contribution is 0.222. The number of fused-ring (bicyclic) bond motifs is 2. The van der Waals surface area contributed by atoms with Gasteiger partial charge in [-0.25, -0.2) is 4.98 Å². The molecular formula is C18H16N4O. The molecule has 0 saturated carbocycles. The van der Waals surface area contributed by atoms with Crippen molar-refractivity contribution in [2.75, 3.05) is 19.0 Å². The molecule has 0 bridgehead atoms. The first-order valence-electron chi connectivity index (χ1n) is 7.39. The average Bonchev–Trinajstić information content (AvgIpc) is 2.98. The first-order chi connectivity index (χ1) is 11.2. The molecule has 114 valence electrons. The zero-order valence-corrected chi connectivity index (χ0v) is 13.0. The summed E-state index contributed by atoms with van der Waals surface area (Å²) in [7, 11) is 4.01. The minimum absolute atomic E-state index is 0.543. The summed E-state index contributed by atoms with van der Waals surface area (Å²) >= 11 is 0. The minimum Gasteiger partial charge on any atom is -0.378 e. The third-order valence-electron chi connectivity index (χ3n) is 3.85.